The van der Waals surface area contributed by atoms with Gasteiger partial charge in [-0.15, -0.1) is 0 Å². The lowest BCUT2D eigenvalue weighted by Gasteiger charge is -2.12. The van der Waals surface area contributed by atoms with Gasteiger partial charge in [-0.3, -0.25) is 0 Å². The fraction of sp³-hybridized carbons (Fsp3) is 0.200. The first kappa shape index (κ1) is 15.1. The molecule has 0 saturated carbocycles. The first-order valence-corrected chi connectivity index (χ1v) is 6.76. The second-order valence-electron chi connectivity index (χ2n) is 4.42. The van der Waals surface area contributed by atoms with Gasteiger partial charge >= 0.3 is 0 Å². The molecule has 2 rings (SSSR count). The SMILES string of the molecule is OC(Cc1cc(Br)ccc1F)c1ccc(C(F)F)cc1. The van der Waals surface area contributed by atoms with Crippen LogP contribution in [0.5, 0.6) is 0 Å². The Kier molecular flexibility index (Phi) is 4.83. The molecule has 0 aliphatic rings. The topological polar surface area (TPSA) is 20.2 Å². The van der Waals surface area contributed by atoms with Gasteiger partial charge in [0.2, 0.25) is 0 Å². The summed E-state index contributed by atoms with van der Waals surface area (Å²) in [7, 11) is 0. The minimum Gasteiger partial charge on any atom is -0.388 e. The molecule has 0 aliphatic carbocycles. The molecular formula is C15H12BrF3O. The van der Waals surface area contributed by atoms with E-state index in [2.05, 4.69) is 15.9 Å². The van der Waals surface area contributed by atoms with E-state index in [1.807, 2.05) is 0 Å². The molecule has 0 saturated heterocycles. The average Bonchev–Trinajstić information content (AvgIpc) is 2.43. The summed E-state index contributed by atoms with van der Waals surface area (Å²) >= 11 is 3.24. The van der Waals surface area contributed by atoms with E-state index in [4.69, 9.17) is 0 Å². The highest BCUT2D eigenvalue weighted by molar-refractivity contribution is 9.10. The second-order valence-corrected chi connectivity index (χ2v) is 5.34. The minimum atomic E-state index is -2.54. The maximum atomic E-state index is 13.6. The average molecular weight is 345 g/mol. The highest BCUT2D eigenvalue weighted by Crippen LogP contribution is 2.25. The lowest BCUT2D eigenvalue weighted by atomic mass is 10.00. The first-order chi connectivity index (χ1) is 9.47. The van der Waals surface area contributed by atoms with Crippen molar-refractivity contribution in [3.8, 4) is 0 Å². The molecule has 0 fully saturated rings. The number of benzene rings is 2. The van der Waals surface area contributed by atoms with E-state index in [0.717, 1.165) is 0 Å². The number of alkyl halides is 2. The number of hydrogen-bond acceptors (Lipinski definition) is 1. The normalized spacial score (nSPS) is 12.7. The maximum Gasteiger partial charge on any atom is 0.263 e. The molecule has 0 aromatic heterocycles. The molecule has 0 bridgehead atoms. The zero-order valence-corrected chi connectivity index (χ0v) is 11.9. The highest BCUT2D eigenvalue weighted by atomic mass is 79.9. The van der Waals surface area contributed by atoms with Gasteiger partial charge in [-0.25, -0.2) is 13.2 Å². The van der Waals surface area contributed by atoms with Crippen LogP contribution in [0.25, 0.3) is 0 Å². The van der Waals surface area contributed by atoms with E-state index in [-0.39, 0.29) is 12.0 Å². The monoisotopic (exact) mass is 344 g/mol. The number of aliphatic hydroxyl groups excluding tert-OH is 1. The van der Waals surface area contributed by atoms with E-state index in [1.165, 1.54) is 30.3 Å². The summed E-state index contributed by atoms with van der Waals surface area (Å²) in [5.41, 5.74) is 0.744. The Morgan fingerprint density at radius 2 is 1.60 bits per heavy atom. The number of hydrogen-bond donors (Lipinski definition) is 1. The predicted molar refractivity (Wildman–Crippen MR) is 74.2 cm³/mol. The Labute approximate surface area is 123 Å². The van der Waals surface area contributed by atoms with Crippen LogP contribution in [-0.4, -0.2) is 5.11 Å². The van der Waals surface area contributed by atoms with Gasteiger partial charge in [0.1, 0.15) is 5.82 Å². The van der Waals surface area contributed by atoms with Crippen LogP contribution < -0.4 is 0 Å². The third-order valence-corrected chi connectivity index (χ3v) is 3.49. The summed E-state index contributed by atoms with van der Waals surface area (Å²) < 4.78 is 39.2. The van der Waals surface area contributed by atoms with Gasteiger partial charge in [-0.1, -0.05) is 40.2 Å². The number of rotatable bonds is 4. The van der Waals surface area contributed by atoms with Crippen molar-refractivity contribution < 1.29 is 18.3 Å². The van der Waals surface area contributed by atoms with Crippen molar-refractivity contribution >= 4 is 15.9 Å². The molecule has 2 aromatic carbocycles. The molecule has 0 spiro atoms. The largest absolute Gasteiger partial charge is 0.388 e. The van der Waals surface area contributed by atoms with E-state index < -0.39 is 18.3 Å². The molecule has 0 heterocycles. The Morgan fingerprint density at radius 1 is 1.00 bits per heavy atom. The second kappa shape index (κ2) is 6.41. The van der Waals surface area contributed by atoms with Crippen molar-refractivity contribution in [2.45, 2.75) is 19.0 Å². The highest BCUT2D eigenvalue weighted by Gasteiger charge is 2.13. The van der Waals surface area contributed by atoms with Gasteiger partial charge in [0, 0.05) is 16.5 Å². The van der Waals surface area contributed by atoms with E-state index in [0.29, 0.717) is 15.6 Å². The third kappa shape index (κ3) is 3.61. The van der Waals surface area contributed by atoms with Crippen LogP contribution in [0, 0.1) is 5.82 Å². The molecule has 0 radical (unpaired) electrons. The van der Waals surface area contributed by atoms with Crippen molar-refractivity contribution in [3.05, 3.63) is 69.4 Å². The first-order valence-electron chi connectivity index (χ1n) is 5.97. The van der Waals surface area contributed by atoms with E-state index >= 15 is 0 Å². The Morgan fingerprint density at radius 3 is 2.20 bits per heavy atom. The standard InChI is InChI=1S/C15H12BrF3O/c16-12-5-6-13(17)11(7-12)8-14(20)9-1-3-10(4-2-9)15(18)19/h1-7,14-15,20H,8H2. The van der Waals surface area contributed by atoms with Crippen LogP contribution in [0.2, 0.25) is 0 Å². The van der Waals surface area contributed by atoms with E-state index in [1.54, 1.807) is 12.1 Å². The molecule has 1 N–H and O–H groups in total. The molecule has 2 aromatic rings. The van der Waals surface area contributed by atoms with Gasteiger partial charge in [0.15, 0.2) is 0 Å². The zero-order chi connectivity index (χ0) is 14.7. The van der Waals surface area contributed by atoms with Crippen molar-refractivity contribution in [1.29, 1.82) is 0 Å². The van der Waals surface area contributed by atoms with Crippen molar-refractivity contribution in [2.75, 3.05) is 0 Å². The number of aliphatic hydroxyl groups is 1. The van der Waals surface area contributed by atoms with Gasteiger partial charge in [-0.2, -0.15) is 0 Å². The van der Waals surface area contributed by atoms with Gasteiger partial charge in [0.25, 0.3) is 6.43 Å². The molecule has 1 unspecified atom stereocenters. The lowest BCUT2D eigenvalue weighted by molar-refractivity contribution is 0.151. The van der Waals surface area contributed by atoms with Crippen LogP contribution in [0.1, 0.15) is 29.2 Å². The quantitative estimate of drug-likeness (QED) is 0.844. The van der Waals surface area contributed by atoms with Crippen LogP contribution in [0.3, 0.4) is 0 Å². The summed E-state index contributed by atoms with van der Waals surface area (Å²) in [5.74, 6) is -0.406. The smallest absolute Gasteiger partial charge is 0.263 e. The molecule has 5 heteroatoms. The minimum absolute atomic E-state index is 0.0826. The molecular weight excluding hydrogens is 333 g/mol. The van der Waals surface area contributed by atoms with Crippen molar-refractivity contribution in [1.82, 2.24) is 0 Å². The Bertz CT molecular complexity index is 584. The van der Waals surface area contributed by atoms with E-state index in [9.17, 15) is 18.3 Å². The summed E-state index contributed by atoms with van der Waals surface area (Å²) in [5, 5.41) is 10.0. The van der Waals surface area contributed by atoms with Crippen LogP contribution >= 0.6 is 15.9 Å². The third-order valence-electron chi connectivity index (χ3n) is 2.99. The molecule has 20 heavy (non-hydrogen) atoms. The summed E-state index contributed by atoms with van der Waals surface area (Å²) in [4.78, 5) is 0. The summed E-state index contributed by atoms with van der Waals surface area (Å²) in [6, 6.07) is 9.87. The fourth-order valence-electron chi connectivity index (χ4n) is 1.89. The molecule has 1 atom stereocenters. The Balaban J connectivity index is 2.15. The van der Waals surface area contributed by atoms with Crippen molar-refractivity contribution in [3.63, 3.8) is 0 Å². The summed E-state index contributed by atoms with van der Waals surface area (Å²) in [6.07, 6.45) is -3.39. The van der Waals surface area contributed by atoms with Crippen LogP contribution in [0.15, 0.2) is 46.9 Å². The van der Waals surface area contributed by atoms with Gasteiger partial charge in [0.05, 0.1) is 6.10 Å². The maximum absolute atomic E-state index is 13.6. The molecule has 0 amide bonds. The zero-order valence-electron chi connectivity index (χ0n) is 10.4. The van der Waals surface area contributed by atoms with Crippen LogP contribution in [0.4, 0.5) is 13.2 Å². The van der Waals surface area contributed by atoms with Gasteiger partial charge < -0.3 is 5.11 Å². The summed E-state index contributed by atoms with van der Waals surface area (Å²) in [6.45, 7) is 0. The molecule has 0 aliphatic heterocycles. The fourth-order valence-corrected chi connectivity index (χ4v) is 2.30. The Hall–Kier alpha value is -1.33. The predicted octanol–water partition coefficient (Wildman–Crippen LogP) is 4.80. The van der Waals surface area contributed by atoms with Crippen molar-refractivity contribution in [2.24, 2.45) is 0 Å². The van der Waals surface area contributed by atoms with Crippen LogP contribution in [-0.2, 0) is 6.42 Å². The number of halogens is 4. The van der Waals surface area contributed by atoms with Gasteiger partial charge in [-0.05, 0) is 29.3 Å². The molecule has 106 valence electrons. The lowest BCUT2D eigenvalue weighted by Crippen LogP contribution is -2.04. The molecule has 1 nitrogen and oxygen atoms in total.